The van der Waals surface area contributed by atoms with Crippen LogP contribution in [0.1, 0.15) is 112 Å². The third-order valence-electron chi connectivity index (χ3n) is 10.9. The van der Waals surface area contributed by atoms with E-state index >= 15 is 0 Å². The highest BCUT2D eigenvalue weighted by atomic mass is 79.9. The van der Waals surface area contributed by atoms with Gasteiger partial charge in [-0.05, 0) is 91.3 Å². The second kappa shape index (κ2) is 10.4. The summed E-state index contributed by atoms with van der Waals surface area (Å²) in [6, 6.07) is 0. The zero-order valence-electron chi connectivity index (χ0n) is 22.0. The second-order valence-corrected chi connectivity index (χ2v) is 13.9. The van der Waals surface area contributed by atoms with Crippen LogP contribution in [0.15, 0.2) is 11.6 Å². The number of carbonyl (C=O) groups is 1. The summed E-state index contributed by atoms with van der Waals surface area (Å²) in [5.74, 6) is 5.23. The number of hydrogen-bond donors (Lipinski definition) is 0. The van der Waals surface area contributed by atoms with Gasteiger partial charge in [0.1, 0.15) is 6.10 Å². The van der Waals surface area contributed by atoms with Crippen LogP contribution in [-0.4, -0.2) is 17.4 Å². The Kier molecular flexibility index (Phi) is 8.09. The van der Waals surface area contributed by atoms with E-state index in [-0.39, 0.29) is 12.1 Å². The van der Waals surface area contributed by atoms with E-state index < -0.39 is 0 Å². The molecule has 0 radical (unpaired) electrons. The lowest BCUT2D eigenvalue weighted by molar-refractivity contribution is -0.151. The number of halogens is 1. The molecule has 0 spiro atoms. The van der Waals surface area contributed by atoms with Gasteiger partial charge in [-0.2, -0.15) is 0 Å². The Balaban J connectivity index is 1.43. The molecule has 0 bridgehead atoms. The van der Waals surface area contributed by atoms with Crippen LogP contribution >= 0.6 is 15.9 Å². The summed E-state index contributed by atoms with van der Waals surface area (Å²) in [5.41, 5.74) is 2.51. The van der Waals surface area contributed by atoms with Crippen LogP contribution in [-0.2, 0) is 9.53 Å². The van der Waals surface area contributed by atoms with Gasteiger partial charge in [-0.3, -0.25) is 4.79 Å². The fourth-order valence-corrected chi connectivity index (χ4v) is 9.40. The number of hydrogen-bond acceptors (Lipinski definition) is 2. The first kappa shape index (κ1) is 25.8. The highest BCUT2D eigenvalue weighted by Crippen LogP contribution is 2.67. The van der Waals surface area contributed by atoms with Crippen molar-refractivity contribution in [1.82, 2.24) is 0 Å². The van der Waals surface area contributed by atoms with E-state index in [2.05, 4.69) is 56.6 Å². The molecular weight excluding hydrogens is 472 g/mol. The Morgan fingerprint density at radius 3 is 2.61 bits per heavy atom. The number of carbonyl (C=O) groups excluding carboxylic acids is 1. The third-order valence-corrected chi connectivity index (χ3v) is 11.3. The highest BCUT2D eigenvalue weighted by molar-refractivity contribution is 9.09. The van der Waals surface area contributed by atoms with Gasteiger partial charge in [0.2, 0.25) is 0 Å². The molecule has 0 amide bonds. The number of ether oxygens (including phenoxy) is 1. The van der Waals surface area contributed by atoms with Crippen molar-refractivity contribution in [3.63, 3.8) is 0 Å². The molecule has 3 heteroatoms. The number of rotatable bonds is 8. The van der Waals surface area contributed by atoms with Gasteiger partial charge >= 0.3 is 5.97 Å². The van der Waals surface area contributed by atoms with Crippen molar-refractivity contribution >= 4 is 21.9 Å². The number of alkyl halides is 1. The van der Waals surface area contributed by atoms with E-state index in [4.69, 9.17) is 4.74 Å². The second-order valence-electron chi connectivity index (χ2n) is 13.1. The fraction of sp³-hybridized carbons (Fsp3) is 0.900. The zero-order valence-corrected chi connectivity index (χ0v) is 23.6. The predicted molar refractivity (Wildman–Crippen MR) is 141 cm³/mol. The largest absolute Gasteiger partial charge is 0.462 e. The summed E-state index contributed by atoms with van der Waals surface area (Å²) < 4.78 is 5.82. The molecule has 33 heavy (non-hydrogen) atoms. The molecule has 0 aliphatic heterocycles. The number of esters is 1. The Hall–Kier alpha value is -0.310. The molecule has 0 aromatic rings. The van der Waals surface area contributed by atoms with Crippen LogP contribution in [0.25, 0.3) is 0 Å². The highest BCUT2D eigenvalue weighted by Gasteiger charge is 2.59. The summed E-state index contributed by atoms with van der Waals surface area (Å²) in [6.07, 6.45) is 17.7. The van der Waals surface area contributed by atoms with E-state index in [1.807, 2.05) is 0 Å². The minimum atomic E-state index is -0.0392. The van der Waals surface area contributed by atoms with Gasteiger partial charge in [0.15, 0.2) is 0 Å². The standard InChI is InChI=1S/C30H49BrO2/c1-20(2)7-6-8-21(3)25-11-12-26-24-10-9-22-19-23(33-28(32)15-18-31)13-16-29(22,4)27(24)14-17-30(25,26)5/h9,20-21,23-27H,6-8,10-19H2,1-5H3/t21-,23+,24-,25+,26-,27-,29+,30-/m1/s1. The lowest BCUT2D eigenvalue weighted by Gasteiger charge is -2.58. The number of allylic oxidation sites excluding steroid dienone is 1. The average molecular weight is 522 g/mol. The minimum absolute atomic E-state index is 0.0392. The molecule has 0 aromatic heterocycles. The predicted octanol–water partition coefficient (Wildman–Crippen LogP) is 8.72. The molecule has 4 aliphatic rings. The lowest BCUT2D eigenvalue weighted by Crippen LogP contribution is -2.51. The van der Waals surface area contributed by atoms with Gasteiger partial charge in [0.25, 0.3) is 0 Å². The third kappa shape index (κ3) is 5.01. The van der Waals surface area contributed by atoms with Gasteiger partial charge < -0.3 is 4.74 Å². The molecular formula is C30H49BrO2. The first-order valence-electron chi connectivity index (χ1n) is 14.1. The van der Waals surface area contributed by atoms with Gasteiger partial charge in [-0.1, -0.05) is 81.5 Å². The summed E-state index contributed by atoms with van der Waals surface area (Å²) in [6.45, 7) is 12.6. The Morgan fingerprint density at radius 2 is 1.88 bits per heavy atom. The van der Waals surface area contributed by atoms with E-state index in [0.29, 0.717) is 22.6 Å². The van der Waals surface area contributed by atoms with Crippen molar-refractivity contribution in [2.24, 2.45) is 46.3 Å². The van der Waals surface area contributed by atoms with E-state index in [1.54, 1.807) is 5.57 Å². The van der Waals surface area contributed by atoms with Crippen molar-refractivity contribution < 1.29 is 9.53 Å². The first-order valence-corrected chi connectivity index (χ1v) is 15.3. The van der Waals surface area contributed by atoms with Crippen LogP contribution in [0.2, 0.25) is 0 Å². The zero-order chi connectivity index (χ0) is 23.8. The van der Waals surface area contributed by atoms with Crippen LogP contribution in [0, 0.1) is 46.3 Å². The monoisotopic (exact) mass is 520 g/mol. The van der Waals surface area contributed by atoms with Gasteiger partial charge in [-0.25, -0.2) is 0 Å². The van der Waals surface area contributed by atoms with Crippen molar-refractivity contribution in [3.05, 3.63) is 11.6 Å². The summed E-state index contributed by atoms with van der Waals surface area (Å²) >= 11 is 3.36. The quantitative estimate of drug-likeness (QED) is 0.181. The number of fused-ring (bicyclic) bond motifs is 5. The van der Waals surface area contributed by atoms with E-state index in [9.17, 15) is 4.79 Å². The molecule has 0 unspecified atom stereocenters. The van der Waals surface area contributed by atoms with Crippen LogP contribution in [0.4, 0.5) is 0 Å². The molecule has 188 valence electrons. The van der Waals surface area contributed by atoms with Crippen molar-refractivity contribution in [2.75, 3.05) is 5.33 Å². The van der Waals surface area contributed by atoms with Crippen LogP contribution in [0.5, 0.6) is 0 Å². The van der Waals surface area contributed by atoms with Gasteiger partial charge in [-0.15, -0.1) is 0 Å². The Bertz CT molecular complexity index is 729. The van der Waals surface area contributed by atoms with E-state index in [0.717, 1.165) is 48.3 Å². The van der Waals surface area contributed by atoms with Crippen molar-refractivity contribution in [3.8, 4) is 0 Å². The molecule has 0 N–H and O–H groups in total. The van der Waals surface area contributed by atoms with Crippen molar-refractivity contribution in [2.45, 2.75) is 118 Å². The van der Waals surface area contributed by atoms with Crippen molar-refractivity contribution in [1.29, 1.82) is 0 Å². The maximum Gasteiger partial charge on any atom is 0.306 e. The summed E-state index contributed by atoms with van der Waals surface area (Å²) in [5, 5.41) is 0.695. The fourth-order valence-electron chi connectivity index (χ4n) is 9.07. The SMILES string of the molecule is CC(C)CCC[C@@H](C)[C@@H]1CC[C@@H]2[C@H]3CC=C4C[C@@H](OC(=O)CCBr)CC[C@]4(C)[C@@H]3CC[C@@]21C. The lowest BCUT2D eigenvalue weighted by atomic mass is 9.47. The maximum atomic E-state index is 12.1. The van der Waals surface area contributed by atoms with Crippen LogP contribution < -0.4 is 0 Å². The summed E-state index contributed by atoms with van der Waals surface area (Å²) in [7, 11) is 0. The molecule has 0 aromatic carbocycles. The van der Waals surface area contributed by atoms with Crippen LogP contribution in [0.3, 0.4) is 0 Å². The normalized spacial score (nSPS) is 41.1. The summed E-state index contributed by atoms with van der Waals surface area (Å²) in [4.78, 5) is 12.1. The molecule has 0 saturated heterocycles. The molecule has 8 atom stereocenters. The maximum absolute atomic E-state index is 12.1. The molecule has 4 rings (SSSR count). The van der Waals surface area contributed by atoms with Gasteiger partial charge in [0.05, 0.1) is 6.42 Å². The molecule has 3 fully saturated rings. The van der Waals surface area contributed by atoms with E-state index in [1.165, 1.54) is 57.8 Å². The molecule has 4 aliphatic carbocycles. The Labute approximate surface area is 212 Å². The van der Waals surface area contributed by atoms with Gasteiger partial charge in [0, 0.05) is 11.8 Å². The smallest absolute Gasteiger partial charge is 0.306 e. The molecule has 3 saturated carbocycles. The topological polar surface area (TPSA) is 26.3 Å². The first-order chi connectivity index (χ1) is 15.7. The molecule has 0 heterocycles. The average Bonchev–Trinajstić information content (AvgIpc) is 3.11. The minimum Gasteiger partial charge on any atom is -0.462 e. The molecule has 2 nitrogen and oxygen atoms in total. The Morgan fingerprint density at radius 1 is 1.09 bits per heavy atom.